The van der Waals surface area contributed by atoms with Gasteiger partial charge in [-0.25, -0.2) is 4.57 Å². The average Bonchev–Trinajstić information content (AvgIpc) is 3.43. The van der Waals surface area contributed by atoms with Crippen LogP contribution in [-0.2, 0) is 6.54 Å². The molecule has 0 atom stereocenters. The quantitative estimate of drug-likeness (QED) is 0.420. The van der Waals surface area contributed by atoms with Crippen molar-refractivity contribution in [1.82, 2.24) is 19.7 Å². The molecule has 0 fully saturated rings. The molecule has 2 aromatic carbocycles. The highest BCUT2D eigenvalue weighted by atomic mass is 16.5. The summed E-state index contributed by atoms with van der Waals surface area (Å²) in [7, 11) is 3.07. The van der Waals surface area contributed by atoms with E-state index in [0.29, 0.717) is 17.2 Å². The number of nitrogens with zero attached hydrogens (tertiary/aromatic N) is 4. The number of methoxy groups -OCH3 is 1. The molecule has 4 aromatic rings. The van der Waals surface area contributed by atoms with Crippen molar-refractivity contribution in [3.05, 3.63) is 66.1 Å². The van der Waals surface area contributed by atoms with E-state index in [4.69, 9.17) is 9.15 Å². The lowest BCUT2D eigenvalue weighted by atomic mass is 10.1. The van der Waals surface area contributed by atoms with Gasteiger partial charge < -0.3 is 29.4 Å². The summed E-state index contributed by atoms with van der Waals surface area (Å²) in [6.45, 7) is 0.183. The van der Waals surface area contributed by atoms with Crippen LogP contribution >= 0.6 is 0 Å². The number of benzene rings is 2. The fourth-order valence-corrected chi connectivity index (χ4v) is 3.28. The molecule has 32 heavy (non-hydrogen) atoms. The number of aromatic nitrogens is 3. The van der Waals surface area contributed by atoms with E-state index in [-0.39, 0.29) is 29.2 Å². The number of phenolic OH excluding ortho intramolecular Hbond substituents is 2. The van der Waals surface area contributed by atoms with Crippen LogP contribution in [0.25, 0.3) is 17.1 Å². The summed E-state index contributed by atoms with van der Waals surface area (Å²) in [5, 5.41) is 38.8. The highest BCUT2D eigenvalue weighted by Gasteiger charge is 2.24. The number of ether oxygens (including phenoxy) is 1. The molecule has 0 bridgehead atoms. The lowest BCUT2D eigenvalue weighted by Crippen LogP contribution is -2.26. The van der Waals surface area contributed by atoms with Crippen molar-refractivity contribution >= 4 is 5.91 Å². The van der Waals surface area contributed by atoms with Gasteiger partial charge in [-0.15, -0.1) is 5.10 Å². The average molecular weight is 436 g/mol. The molecule has 0 spiro atoms. The predicted octanol–water partition coefficient (Wildman–Crippen LogP) is 2.92. The third-order valence-corrected chi connectivity index (χ3v) is 4.86. The van der Waals surface area contributed by atoms with Crippen molar-refractivity contribution in [2.45, 2.75) is 6.54 Å². The Labute approximate surface area is 182 Å². The van der Waals surface area contributed by atoms with Crippen LogP contribution in [0.2, 0.25) is 0 Å². The van der Waals surface area contributed by atoms with Gasteiger partial charge >= 0.3 is 6.01 Å². The van der Waals surface area contributed by atoms with Gasteiger partial charge in [-0.05, 0) is 30.3 Å². The number of phenols is 2. The summed E-state index contributed by atoms with van der Waals surface area (Å²) in [4.78, 5) is 14.3. The van der Waals surface area contributed by atoms with E-state index in [1.165, 1.54) is 28.9 Å². The Balaban J connectivity index is 1.76. The second-order valence-electron chi connectivity index (χ2n) is 6.99. The Bertz CT molecular complexity index is 1270. The normalized spacial score (nSPS) is 10.8. The Morgan fingerprint density at radius 1 is 1.09 bits per heavy atom. The summed E-state index contributed by atoms with van der Waals surface area (Å²) in [6, 6.07) is 12.1. The van der Waals surface area contributed by atoms with Crippen LogP contribution in [0.3, 0.4) is 0 Å². The van der Waals surface area contributed by atoms with E-state index in [1.807, 2.05) is 0 Å². The fraction of sp³-hybridized carbons (Fsp3) is 0.136. The Morgan fingerprint density at radius 3 is 2.62 bits per heavy atom. The van der Waals surface area contributed by atoms with Gasteiger partial charge in [0.05, 0.1) is 36.7 Å². The Hall–Kier alpha value is -4.47. The molecule has 0 radical (unpaired) electrons. The minimum absolute atomic E-state index is 0.0634. The number of aromatic hydroxyl groups is 3. The summed E-state index contributed by atoms with van der Waals surface area (Å²) >= 11 is 0. The number of furan rings is 1. The first-order valence-electron chi connectivity index (χ1n) is 9.52. The number of carbonyl (C=O) groups is 1. The maximum Gasteiger partial charge on any atom is 0.319 e. The number of hydrogen-bond donors (Lipinski definition) is 3. The number of rotatable bonds is 6. The minimum Gasteiger partial charge on any atom is -0.507 e. The first-order valence-corrected chi connectivity index (χ1v) is 9.52. The number of hydrogen-bond acceptors (Lipinski definition) is 8. The van der Waals surface area contributed by atoms with Gasteiger partial charge in [-0.1, -0.05) is 11.2 Å². The zero-order chi connectivity index (χ0) is 22.8. The lowest BCUT2D eigenvalue weighted by molar-refractivity contribution is 0.0772. The van der Waals surface area contributed by atoms with Crippen molar-refractivity contribution in [3.8, 4) is 40.3 Å². The van der Waals surface area contributed by atoms with Crippen molar-refractivity contribution < 1.29 is 29.3 Å². The van der Waals surface area contributed by atoms with Crippen molar-refractivity contribution in [3.63, 3.8) is 0 Å². The van der Waals surface area contributed by atoms with Gasteiger partial charge in [0.1, 0.15) is 23.0 Å². The minimum atomic E-state index is -0.503. The SMILES string of the molecule is COc1cccc(-n2c(O)nnc2-c2cc(C(=O)N(C)Cc3ccco3)c(O)cc2O)c1. The molecule has 3 N–H and O–H groups in total. The molecule has 0 aliphatic heterocycles. The second-order valence-corrected chi connectivity index (χ2v) is 6.99. The van der Waals surface area contributed by atoms with Crippen LogP contribution in [-0.4, -0.2) is 55.0 Å². The Morgan fingerprint density at radius 2 is 1.91 bits per heavy atom. The highest BCUT2D eigenvalue weighted by Crippen LogP contribution is 2.37. The maximum atomic E-state index is 13.0. The number of amides is 1. The molecule has 2 aromatic heterocycles. The topological polar surface area (TPSA) is 134 Å². The van der Waals surface area contributed by atoms with E-state index in [2.05, 4.69) is 10.2 Å². The van der Waals surface area contributed by atoms with Crippen LogP contribution in [0.15, 0.2) is 59.2 Å². The smallest absolute Gasteiger partial charge is 0.319 e. The molecule has 0 aliphatic rings. The first kappa shape index (κ1) is 20.8. The standard InChI is InChI=1S/C22H20N4O6/c1-25(12-15-7-4-8-32-15)21(29)17-10-16(18(27)11-19(17)28)20-23-24-22(30)26(20)13-5-3-6-14(9-13)31-2/h3-11,27-28H,12H2,1-2H3,(H,24,30). The summed E-state index contributed by atoms with van der Waals surface area (Å²) in [5.74, 6) is -0.0785. The predicted molar refractivity (Wildman–Crippen MR) is 113 cm³/mol. The molecule has 0 unspecified atom stereocenters. The molecule has 0 saturated heterocycles. The van der Waals surface area contributed by atoms with Crippen LogP contribution in [0, 0.1) is 0 Å². The van der Waals surface area contributed by atoms with E-state index in [1.54, 1.807) is 43.4 Å². The molecule has 4 rings (SSSR count). The van der Waals surface area contributed by atoms with Gasteiger partial charge in [0, 0.05) is 19.2 Å². The molecular weight excluding hydrogens is 416 g/mol. The van der Waals surface area contributed by atoms with Crippen LogP contribution in [0.4, 0.5) is 0 Å². The molecule has 0 aliphatic carbocycles. The zero-order valence-electron chi connectivity index (χ0n) is 17.3. The first-order chi connectivity index (χ1) is 15.4. The third-order valence-electron chi connectivity index (χ3n) is 4.86. The van der Waals surface area contributed by atoms with Gasteiger partial charge in [-0.2, -0.15) is 0 Å². The molecular formula is C22H20N4O6. The maximum absolute atomic E-state index is 13.0. The van der Waals surface area contributed by atoms with Crippen LogP contribution < -0.4 is 4.74 Å². The molecule has 10 nitrogen and oxygen atoms in total. The van der Waals surface area contributed by atoms with E-state index in [9.17, 15) is 20.1 Å². The van der Waals surface area contributed by atoms with Crippen LogP contribution in [0.5, 0.6) is 23.3 Å². The van der Waals surface area contributed by atoms with Gasteiger partial charge in [0.2, 0.25) is 0 Å². The lowest BCUT2D eigenvalue weighted by Gasteiger charge is -2.18. The summed E-state index contributed by atoms with van der Waals surface area (Å²) in [5.41, 5.74) is 0.497. The van der Waals surface area contributed by atoms with E-state index in [0.717, 1.165) is 6.07 Å². The number of carbonyl (C=O) groups excluding carboxylic acids is 1. The monoisotopic (exact) mass is 436 g/mol. The van der Waals surface area contributed by atoms with Crippen molar-refractivity contribution in [2.75, 3.05) is 14.2 Å². The molecule has 2 heterocycles. The van der Waals surface area contributed by atoms with Gasteiger partial charge in [0.15, 0.2) is 5.82 Å². The van der Waals surface area contributed by atoms with Gasteiger partial charge in [0.25, 0.3) is 5.91 Å². The van der Waals surface area contributed by atoms with Crippen LogP contribution in [0.1, 0.15) is 16.1 Å². The second kappa shape index (κ2) is 8.34. The summed E-state index contributed by atoms with van der Waals surface area (Å²) in [6.07, 6.45) is 1.50. The molecule has 10 heteroatoms. The van der Waals surface area contributed by atoms with E-state index >= 15 is 0 Å². The zero-order valence-corrected chi connectivity index (χ0v) is 17.3. The molecule has 0 saturated carbocycles. The van der Waals surface area contributed by atoms with Gasteiger partial charge in [-0.3, -0.25) is 4.79 Å². The van der Waals surface area contributed by atoms with Crippen molar-refractivity contribution in [1.29, 1.82) is 0 Å². The van der Waals surface area contributed by atoms with E-state index < -0.39 is 17.7 Å². The highest BCUT2D eigenvalue weighted by molar-refractivity contribution is 5.98. The largest absolute Gasteiger partial charge is 0.507 e. The molecule has 164 valence electrons. The third kappa shape index (κ3) is 3.81. The van der Waals surface area contributed by atoms with Crippen molar-refractivity contribution in [2.24, 2.45) is 0 Å². The molecule has 1 amide bonds. The Kier molecular flexibility index (Phi) is 5.42. The fourth-order valence-electron chi connectivity index (χ4n) is 3.28. The summed E-state index contributed by atoms with van der Waals surface area (Å²) < 4.78 is 11.8.